The number of pyridine rings is 1. The number of phenols is 1. The number of hydrogen-bond donors (Lipinski definition) is 3. The molecule has 0 aliphatic rings. The molecule has 0 unspecified atom stereocenters. The van der Waals surface area contributed by atoms with Crippen molar-refractivity contribution in [2.45, 2.75) is 13.1 Å². The zero-order valence-electron chi connectivity index (χ0n) is 10.3. The summed E-state index contributed by atoms with van der Waals surface area (Å²) in [5, 5.41) is 12.0. The number of carbonyl (C=O) groups excluding carboxylic acids is 1. The molecule has 1 aromatic carbocycles. The summed E-state index contributed by atoms with van der Waals surface area (Å²) in [6.45, 7) is 0.707. The number of amides is 1. The zero-order valence-corrected chi connectivity index (χ0v) is 10.3. The highest BCUT2D eigenvalue weighted by molar-refractivity contribution is 5.94. The Kier molecular flexibility index (Phi) is 4.10. The third-order valence-electron chi connectivity index (χ3n) is 2.68. The number of rotatable bonds is 4. The Morgan fingerprint density at radius 1 is 1.26 bits per heavy atom. The molecule has 0 radical (unpaired) electrons. The fourth-order valence-electron chi connectivity index (χ4n) is 1.63. The van der Waals surface area contributed by atoms with E-state index in [4.69, 9.17) is 10.8 Å². The van der Waals surface area contributed by atoms with Gasteiger partial charge in [-0.25, -0.2) is 0 Å². The third kappa shape index (κ3) is 3.53. The van der Waals surface area contributed by atoms with E-state index in [0.717, 1.165) is 5.56 Å². The van der Waals surface area contributed by atoms with Crippen LogP contribution < -0.4 is 11.1 Å². The molecule has 2 aromatic rings. The minimum Gasteiger partial charge on any atom is -0.508 e. The number of hydrogen-bond acceptors (Lipinski definition) is 4. The van der Waals surface area contributed by atoms with Gasteiger partial charge in [0.1, 0.15) is 5.75 Å². The van der Waals surface area contributed by atoms with Gasteiger partial charge in [-0.15, -0.1) is 0 Å². The lowest BCUT2D eigenvalue weighted by Crippen LogP contribution is -2.23. The molecule has 0 saturated heterocycles. The number of benzene rings is 1. The van der Waals surface area contributed by atoms with Crippen molar-refractivity contribution in [3.63, 3.8) is 0 Å². The van der Waals surface area contributed by atoms with E-state index >= 15 is 0 Å². The normalized spacial score (nSPS) is 10.2. The second-order valence-electron chi connectivity index (χ2n) is 4.09. The third-order valence-corrected chi connectivity index (χ3v) is 2.68. The van der Waals surface area contributed by atoms with E-state index < -0.39 is 0 Å². The lowest BCUT2D eigenvalue weighted by atomic mass is 10.2. The molecule has 19 heavy (non-hydrogen) atoms. The number of aromatic nitrogens is 1. The van der Waals surface area contributed by atoms with E-state index in [1.54, 1.807) is 42.6 Å². The molecule has 5 nitrogen and oxygen atoms in total. The van der Waals surface area contributed by atoms with Crippen molar-refractivity contribution in [3.8, 4) is 5.75 Å². The molecule has 5 heteroatoms. The molecule has 1 heterocycles. The van der Waals surface area contributed by atoms with E-state index in [9.17, 15) is 4.79 Å². The van der Waals surface area contributed by atoms with Crippen molar-refractivity contribution >= 4 is 5.91 Å². The summed E-state index contributed by atoms with van der Waals surface area (Å²) in [4.78, 5) is 16.0. The van der Waals surface area contributed by atoms with Crippen LogP contribution in [0, 0.1) is 0 Å². The van der Waals surface area contributed by atoms with Gasteiger partial charge in [0.25, 0.3) is 5.91 Å². The molecule has 0 spiro atoms. The summed E-state index contributed by atoms with van der Waals surface area (Å²) in [6.07, 6.45) is 1.57. The highest BCUT2D eigenvalue weighted by Gasteiger charge is 2.06. The van der Waals surface area contributed by atoms with Gasteiger partial charge in [0.05, 0.1) is 5.69 Å². The fourth-order valence-corrected chi connectivity index (χ4v) is 1.63. The van der Waals surface area contributed by atoms with Crippen LogP contribution in [-0.4, -0.2) is 16.0 Å². The fraction of sp³-hybridized carbons (Fsp3) is 0.143. The molecule has 0 aliphatic carbocycles. The Morgan fingerprint density at radius 3 is 2.68 bits per heavy atom. The van der Waals surface area contributed by atoms with Gasteiger partial charge in [0, 0.05) is 24.8 Å². The summed E-state index contributed by atoms with van der Waals surface area (Å²) in [6, 6.07) is 10.00. The Bertz CT molecular complexity index is 567. The van der Waals surface area contributed by atoms with E-state index in [1.165, 1.54) is 0 Å². The molecule has 1 amide bonds. The first-order valence-electron chi connectivity index (χ1n) is 5.90. The molecular formula is C14H15N3O2. The van der Waals surface area contributed by atoms with Gasteiger partial charge in [-0.05, 0) is 29.8 Å². The van der Waals surface area contributed by atoms with Crippen LogP contribution in [0.25, 0.3) is 0 Å². The van der Waals surface area contributed by atoms with Crippen LogP contribution in [0.3, 0.4) is 0 Å². The topological polar surface area (TPSA) is 88.2 Å². The van der Waals surface area contributed by atoms with Gasteiger partial charge in [-0.1, -0.05) is 12.1 Å². The van der Waals surface area contributed by atoms with Gasteiger partial charge in [-0.3, -0.25) is 9.78 Å². The van der Waals surface area contributed by atoms with E-state index in [-0.39, 0.29) is 11.7 Å². The lowest BCUT2D eigenvalue weighted by molar-refractivity contribution is 0.0950. The summed E-state index contributed by atoms with van der Waals surface area (Å²) in [7, 11) is 0. The molecule has 1 aromatic heterocycles. The summed E-state index contributed by atoms with van der Waals surface area (Å²) in [5.74, 6) is 0.0296. The molecule has 2 rings (SSSR count). The lowest BCUT2D eigenvalue weighted by Gasteiger charge is -2.06. The molecule has 98 valence electrons. The predicted octanol–water partition coefficient (Wildman–Crippen LogP) is 1.18. The molecule has 4 N–H and O–H groups in total. The van der Waals surface area contributed by atoms with Crippen molar-refractivity contribution < 1.29 is 9.90 Å². The average Bonchev–Trinajstić information content (AvgIpc) is 2.46. The summed E-state index contributed by atoms with van der Waals surface area (Å²) < 4.78 is 0. The first-order chi connectivity index (χ1) is 9.19. The highest BCUT2D eigenvalue weighted by Crippen LogP contribution is 2.09. The quantitative estimate of drug-likeness (QED) is 0.767. The van der Waals surface area contributed by atoms with Gasteiger partial charge in [0.15, 0.2) is 0 Å². The Morgan fingerprint density at radius 2 is 2.00 bits per heavy atom. The molecule has 0 fully saturated rings. The number of nitrogens with zero attached hydrogens (tertiary/aromatic N) is 1. The van der Waals surface area contributed by atoms with Gasteiger partial charge < -0.3 is 16.2 Å². The number of phenolic OH excluding ortho intramolecular Hbond substituents is 1. The highest BCUT2D eigenvalue weighted by atomic mass is 16.3. The molecule has 0 aliphatic heterocycles. The number of carbonyl (C=O) groups is 1. The van der Waals surface area contributed by atoms with Crippen molar-refractivity contribution in [3.05, 3.63) is 59.4 Å². The van der Waals surface area contributed by atoms with Crippen LogP contribution in [0.2, 0.25) is 0 Å². The van der Waals surface area contributed by atoms with Crippen molar-refractivity contribution in [1.29, 1.82) is 0 Å². The molecule has 0 saturated carbocycles. The number of nitrogens with one attached hydrogen (secondary N) is 1. The van der Waals surface area contributed by atoms with Crippen molar-refractivity contribution in [2.24, 2.45) is 5.73 Å². The largest absolute Gasteiger partial charge is 0.508 e. The van der Waals surface area contributed by atoms with E-state index in [0.29, 0.717) is 24.3 Å². The van der Waals surface area contributed by atoms with Gasteiger partial charge in [0.2, 0.25) is 0 Å². The van der Waals surface area contributed by atoms with Crippen LogP contribution in [0.4, 0.5) is 0 Å². The molecule has 0 bridgehead atoms. The predicted molar refractivity (Wildman–Crippen MR) is 71.4 cm³/mol. The smallest absolute Gasteiger partial charge is 0.251 e. The van der Waals surface area contributed by atoms with Crippen LogP contribution in [0.5, 0.6) is 5.75 Å². The van der Waals surface area contributed by atoms with E-state index in [1.807, 2.05) is 0 Å². The zero-order chi connectivity index (χ0) is 13.7. The van der Waals surface area contributed by atoms with Gasteiger partial charge in [-0.2, -0.15) is 0 Å². The Balaban J connectivity index is 1.99. The van der Waals surface area contributed by atoms with Crippen LogP contribution in [0.15, 0.2) is 42.6 Å². The van der Waals surface area contributed by atoms with Crippen LogP contribution in [0.1, 0.15) is 21.6 Å². The van der Waals surface area contributed by atoms with Crippen molar-refractivity contribution in [2.75, 3.05) is 0 Å². The maximum atomic E-state index is 11.9. The SMILES string of the molecule is NCc1cc(C(=O)NCc2ccc(O)cc2)ccn1. The van der Waals surface area contributed by atoms with E-state index in [2.05, 4.69) is 10.3 Å². The minimum atomic E-state index is -0.176. The van der Waals surface area contributed by atoms with Crippen LogP contribution in [-0.2, 0) is 13.1 Å². The standard InChI is InChI=1S/C14H15N3O2/c15-8-12-7-11(5-6-16-12)14(19)17-9-10-1-3-13(18)4-2-10/h1-7,18H,8-9,15H2,(H,17,19). The first-order valence-corrected chi connectivity index (χ1v) is 5.90. The summed E-state index contributed by atoms with van der Waals surface area (Å²) >= 11 is 0. The monoisotopic (exact) mass is 257 g/mol. The second-order valence-corrected chi connectivity index (χ2v) is 4.09. The maximum absolute atomic E-state index is 11.9. The van der Waals surface area contributed by atoms with Crippen molar-refractivity contribution in [1.82, 2.24) is 10.3 Å². The second kappa shape index (κ2) is 5.97. The maximum Gasteiger partial charge on any atom is 0.251 e. The first kappa shape index (κ1) is 13.0. The Labute approximate surface area is 111 Å². The summed E-state index contributed by atoms with van der Waals surface area (Å²) in [5.41, 5.74) is 7.61. The molecular weight excluding hydrogens is 242 g/mol. The minimum absolute atomic E-state index is 0.176. The average molecular weight is 257 g/mol. The molecule has 0 atom stereocenters. The van der Waals surface area contributed by atoms with Crippen LogP contribution >= 0.6 is 0 Å². The van der Waals surface area contributed by atoms with Gasteiger partial charge >= 0.3 is 0 Å². The Hall–Kier alpha value is -2.40. The number of aromatic hydroxyl groups is 1. The number of nitrogens with two attached hydrogens (primary N) is 1.